The van der Waals surface area contributed by atoms with E-state index in [1.54, 1.807) is 0 Å². The monoisotopic (exact) mass is 570 g/mol. The fourth-order valence-corrected chi connectivity index (χ4v) is 8.66. The Labute approximate surface area is 246 Å². The molecule has 0 aromatic heterocycles. The van der Waals surface area contributed by atoms with Crippen LogP contribution in [0.25, 0.3) is 0 Å². The molecule has 0 spiro atoms. The van der Waals surface area contributed by atoms with Crippen molar-refractivity contribution in [1.82, 2.24) is 9.80 Å². The Balaban J connectivity index is 1.16. The summed E-state index contributed by atoms with van der Waals surface area (Å²) in [6.45, 7) is 6.77. The van der Waals surface area contributed by atoms with Crippen LogP contribution in [-0.4, -0.2) is 42.5 Å². The molecule has 39 heavy (non-hydrogen) atoms. The van der Waals surface area contributed by atoms with E-state index in [9.17, 15) is 0 Å². The Bertz CT molecular complexity index is 1360. The van der Waals surface area contributed by atoms with Gasteiger partial charge >= 0.3 is 0 Å². The second kappa shape index (κ2) is 13.0. The van der Waals surface area contributed by atoms with Crippen LogP contribution in [0.1, 0.15) is 39.2 Å². The summed E-state index contributed by atoms with van der Waals surface area (Å²) in [5.41, 5.74) is 5.67. The van der Waals surface area contributed by atoms with Crippen LogP contribution < -0.4 is 0 Å². The summed E-state index contributed by atoms with van der Waals surface area (Å²) < 4.78 is 0. The number of fused-ring (bicyclic) bond motifs is 2. The lowest BCUT2D eigenvalue weighted by atomic mass is 10.0. The summed E-state index contributed by atoms with van der Waals surface area (Å²) in [6.07, 6.45) is 2.16. The molecule has 0 N–H and O–H groups in total. The van der Waals surface area contributed by atoms with Crippen LogP contribution >= 0.6 is 35.1 Å². The zero-order chi connectivity index (χ0) is 26.4. The van der Waals surface area contributed by atoms with Gasteiger partial charge in [-0.1, -0.05) is 102 Å². The van der Waals surface area contributed by atoms with Crippen molar-refractivity contribution >= 4 is 35.1 Å². The van der Waals surface area contributed by atoms with Gasteiger partial charge in [-0.25, -0.2) is 0 Å². The number of benzene rings is 4. The molecule has 2 heterocycles. The standard InChI is InChI=1S/C34H35ClN2S2/c35-29-15-16-31-28(23-29)24-34(30-13-7-8-14-33(30)38-31)39-32(27-11-5-2-6-12-27)17-18-36-19-21-37(22-20-36)25-26-9-3-1-4-10-26/h1-16,23,32,34H,17-22,24-25H2/t32-,34+/m1/s1. The van der Waals surface area contributed by atoms with E-state index >= 15 is 0 Å². The summed E-state index contributed by atoms with van der Waals surface area (Å²) in [7, 11) is 0. The Morgan fingerprint density at radius 3 is 2.26 bits per heavy atom. The maximum atomic E-state index is 6.46. The third kappa shape index (κ3) is 6.93. The zero-order valence-corrected chi connectivity index (χ0v) is 24.6. The molecule has 0 saturated carbocycles. The van der Waals surface area contributed by atoms with Crippen LogP contribution in [0.3, 0.4) is 0 Å². The van der Waals surface area contributed by atoms with Gasteiger partial charge in [0.25, 0.3) is 0 Å². The number of halogens is 1. The van der Waals surface area contributed by atoms with Gasteiger partial charge < -0.3 is 4.90 Å². The topological polar surface area (TPSA) is 6.48 Å². The first kappa shape index (κ1) is 27.0. The van der Waals surface area contributed by atoms with Gasteiger partial charge in [0.1, 0.15) is 0 Å². The highest BCUT2D eigenvalue weighted by Crippen LogP contribution is 2.50. The molecule has 0 radical (unpaired) electrons. The van der Waals surface area contributed by atoms with Gasteiger partial charge in [-0.3, -0.25) is 4.90 Å². The van der Waals surface area contributed by atoms with Crippen molar-refractivity contribution in [2.24, 2.45) is 0 Å². The Morgan fingerprint density at radius 1 is 0.769 bits per heavy atom. The number of hydrogen-bond donors (Lipinski definition) is 0. The van der Waals surface area contributed by atoms with Gasteiger partial charge in [0.2, 0.25) is 0 Å². The normalized spacial score (nSPS) is 18.6. The molecule has 2 nitrogen and oxygen atoms in total. The molecule has 4 aromatic rings. The summed E-state index contributed by atoms with van der Waals surface area (Å²) in [4.78, 5) is 7.97. The highest BCUT2D eigenvalue weighted by atomic mass is 35.5. The lowest BCUT2D eigenvalue weighted by Crippen LogP contribution is -2.46. The SMILES string of the molecule is Clc1ccc2c(c1)C[C@H](S[C@H](CCN1CCN(Cc3ccccc3)CC1)c1ccccc1)c1ccccc1S2. The quantitative estimate of drug-likeness (QED) is 0.209. The second-order valence-corrected chi connectivity index (χ2v) is 13.4. The predicted molar refractivity (Wildman–Crippen MR) is 168 cm³/mol. The van der Waals surface area contributed by atoms with Gasteiger partial charge in [0.05, 0.1) is 0 Å². The van der Waals surface area contributed by atoms with Gasteiger partial charge in [-0.2, -0.15) is 0 Å². The summed E-state index contributed by atoms with van der Waals surface area (Å²) in [5.74, 6) is 0. The van der Waals surface area contributed by atoms with Crippen molar-refractivity contribution in [3.8, 4) is 0 Å². The molecule has 4 aromatic carbocycles. The van der Waals surface area contributed by atoms with Crippen molar-refractivity contribution in [2.75, 3.05) is 32.7 Å². The summed E-state index contributed by atoms with van der Waals surface area (Å²) in [5, 5.41) is 1.66. The maximum Gasteiger partial charge on any atom is 0.0409 e. The number of rotatable bonds is 8. The molecule has 2 atom stereocenters. The van der Waals surface area contributed by atoms with Gasteiger partial charge in [-0.05, 0) is 65.9 Å². The van der Waals surface area contributed by atoms with Crippen molar-refractivity contribution in [3.05, 3.63) is 130 Å². The highest BCUT2D eigenvalue weighted by Gasteiger charge is 2.27. The fourth-order valence-electron chi connectivity index (χ4n) is 5.69. The van der Waals surface area contributed by atoms with Crippen LogP contribution in [0, 0.1) is 0 Å². The van der Waals surface area contributed by atoms with Gasteiger partial charge in [0.15, 0.2) is 0 Å². The number of thioether (sulfide) groups is 1. The van der Waals surface area contributed by atoms with E-state index in [4.69, 9.17) is 11.6 Å². The first-order valence-corrected chi connectivity index (χ1v) is 16.1. The van der Waals surface area contributed by atoms with Crippen LogP contribution in [0.15, 0.2) is 113 Å². The van der Waals surface area contributed by atoms with E-state index in [2.05, 4.69) is 119 Å². The van der Waals surface area contributed by atoms with Crippen LogP contribution in [0.2, 0.25) is 5.02 Å². The van der Waals surface area contributed by atoms with Crippen LogP contribution in [0.4, 0.5) is 0 Å². The van der Waals surface area contributed by atoms with E-state index in [1.165, 1.54) is 32.0 Å². The van der Waals surface area contributed by atoms with Crippen LogP contribution in [0.5, 0.6) is 0 Å². The minimum Gasteiger partial charge on any atom is -0.301 e. The number of hydrogen-bond acceptors (Lipinski definition) is 4. The molecule has 6 rings (SSSR count). The van der Waals surface area contributed by atoms with E-state index in [0.717, 1.165) is 57.1 Å². The predicted octanol–water partition coefficient (Wildman–Crippen LogP) is 8.77. The molecule has 0 unspecified atom stereocenters. The third-order valence-corrected chi connectivity index (χ3v) is 10.9. The van der Waals surface area contributed by atoms with Crippen molar-refractivity contribution in [3.63, 3.8) is 0 Å². The second-order valence-electron chi connectivity index (χ2n) is 10.5. The minimum atomic E-state index is 0.390. The van der Waals surface area contributed by atoms with Gasteiger partial charge in [0, 0.05) is 58.0 Å². The Kier molecular flexibility index (Phi) is 8.97. The zero-order valence-electron chi connectivity index (χ0n) is 22.2. The molecule has 2 aliphatic rings. The molecule has 1 saturated heterocycles. The highest BCUT2D eigenvalue weighted by molar-refractivity contribution is 8.00. The Morgan fingerprint density at radius 2 is 1.46 bits per heavy atom. The smallest absolute Gasteiger partial charge is 0.0409 e. The molecular weight excluding hydrogens is 536 g/mol. The third-order valence-electron chi connectivity index (χ3n) is 7.83. The summed E-state index contributed by atoms with van der Waals surface area (Å²) >= 11 is 10.5. The maximum absolute atomic E-state index is 6.46. The largest absolute Gasteiger partial charge is 0.301 e. The van der Waals surface area contributed by atoms with E-state index in [0.29, 0.717) is 10.5 Å². The number of nitrogens with zero attached hydrogens (tertiary/aromatic N) is 2. The lowest BCUT2D eigenvalue weighted by molar-refractivity contribution is 0.126. The Hall–Kier alpha value is -2.21. The molecule has 0 aliphatic carbocycles. The van der Waals surface area contributed by atoms with E-state index in [1.807, 2.05) is 17.8 Å². The molecule has 2 aliphatic heterocycles. The van der Waals surface area contributed by atoms with Crippen molar-refractivity contribution < 1.29 is 0 Å². The fraction of sp³-hybridized carbons (Fsp3) is 0.294. The molecule has 200 valence electrons. The van der Waals surface area contributed by atoms with Crippen molar-refractivity contribution in [2.45, 2.75) is 39.7 Å². The minimum absolute atomic E-state index is 0.390. The molecule has 1 fully saturated rings. The molecule has 5 heteroatoms. The van der Waals surface area contributed by atoms with E-state index < -0.39 is 0 Å². The van der Waals surface area contributed by atoms with Crippen molar-refractivity contribution in [1.29, 1.82) is 0 Å². The lowest BCUT2D eigenvalue weighted by Gasteiger charge is -2.35. The first-order valence-electron chi connectivity index (χ1n) is 14.0. The van der Waals surface area contributed by atoms with Gasteiger partial charge in [-0.15, -0.1) is 11.8 Å². The average Bonchev–Trinajstić information content (AvgIpc) is 3.13. The average molecular weight is 571 g/mol. The van der Waals surface area contributed by atoms with E-state index in [-0.39, 0.29) is 0 Å². The molecule has 0 amide bonds. The summed E-state index contributed by atoms with van der Waals surface area (Å²) in [6, 6.07) is 37.4. The van der Waals surface area contributed by atoms with Crippen LogP contribution in [-0.2, 0) is 13.0 Å². The molecular formula is C34H35ClN2S2. The molecule has 0 bridgehead atoms. The number of piperazine rings is 1. The first-order chi connectivity index (χ1) is 19.2.